The van der Waals surface area contributed by atoms with Crippen LogP contribution in [0, 0.1) is 17.0 Å². The minimum Gasteiger partial charge on any atom is -0.508 e. The van der Waals surface area contributed by atoms with E-state index in [-0.39, 0.29) is 29.1 Å². The van der Waals surface area contributed by atoms with Gasteiger partial charge in [0, 0.05) is 48.9 Å². The standard InChI is InChI=1S/C34H37N2O3P.C3H4N2O2.C2H6/c1-9-25-15-16-28(37)21-29(25)33(38)40(8)20-19-24-11-13-27(14-12-24)32-31(39-23(3)34(4,5)6)18-17-30(36-32)26(10-2)22-35-7;6-2-1-4-3(7)5-2;1-2/h10-18,21-22,37H,3,9H2,1-2,4-8H3;1H2,(H2,4,5,6,7);1-2H3/b26-10+,35-22?;;. The second kappa shape index (κ2) is 19.1. The van der Waals surface area contributed by atoms with Gasteiger partial charge in [0.25, 0.3) is 0 Å². The fourth-order valence-corrected chi connectivity index (χ4v) is 5.12. The van der Waals surface area contributed by atoms with E-state index < -0.39 is 14.0 Å². The molecule has 0 aliphatic carbocycles. The van der Waals surface area contributed by atoms with Gasteiger partial charge in [-0.15, -0.1) is 0 Å². The monoisotopic (exact) mass is 682 g/mol. The van der Waals surface area contributed by atoms with Crippen molar-refractivity contribution in [3.8, 4) is 34.3 Å². The van der Waals surface area contributed by atoms with Crippen molar-refractivity contribution in [3.63, 3.8) is 0 Å². The maximum Gasteiger partial charge on any atom is 0.321 e. The number of benzene rings is 2. The van der Waals surface area contributed by atoms with Crippen molar-refractivity contribution in [1.29, 1.82) is 0 Å². The van der Waals surface area contributed by atoms with Crippen LogP contribution in [-0.2, 0) is 11.2 Å². The Kier molecular flexibility index (Phi) is 15.6. The van der Waals surface area contributed by atoms with E-state index in [2.05, 4.69) is 49.2 Å². The zero-order valence-corrected chi connectivity index (χ0v) is 30.8. The third-order valence-electron chi connectivity index (χ3n) is 7.00. The van der Waals surface area contributed by atoms with Gasteiger partial charge in [0.1, 0.15) is 17.2 Å². The maximum absolute atomic E-state index is 13.1. The van der Waals surface area contributed by atoms with Crippen molar-refractivity contribution in [2.75, 3.05) is 20.3 Å². The van der Waals surface area contributed by atoms with E-state index in [1.165, 1.54) is 6.07 Å². The van der Waals surface area contributed by atoms with Gasteiger partial charge in [0.2, 0.25) is 5.91 Å². The number of carbonyl (C=O) groups excluding carboxylic acids is 3. The molecule has 2 heterocycles. The topological polar surface area (TPSA) is 130 Å². The Bertz CT molecular complexity index is 1760. The molecule has 2 aromatic carbocycles. The van der Waals surface area contributed by atoms with Gasteiger partial charge < -0.3 is 15.2 Å². The highest BCUT2D eigenvalue weighted by atomic mass is 31.1. The van der Waals surface area contributed by atoms with Crippen LogP contribution in [0.15, 0.2) is 78.0 Å². The summed E-state index contributed by atoms with van der Waals surface area (Å²) >= 11 is 0. The molecule has 1 aromatic heterocycles. The predicted octanol–water partition coefficient (Wildman–Crippen LogP) is 8.17. The molecule has 0 bridgehead atoms. The first-order chi connectivity index (χ1) is 23.3. The number of hydrogen-bond acceptors (Lipinski definition) is 7. The quantitative estimate of drug-likeness (QED) is 0.0723. The van der Waals surface area contributed by atoms with E-state index in [9.17, 15) is 19.5 Å². The lowest BCUT2D eigenvalue weighted by molar-refractivity contribution is -0.117. The molecule has 1 aliphatic heterocycles. The minimum absolute atomic E-state index is 0.0378. The lowest BCUT2D eigenvalue weighted by Crippen LogP contribution is -2.22. The van der Waals surface area contributed by atoms with Gasteiger partial charge in [-0.3, -0.25) is 19.9 Å². The van der Waals surface area contributed by atoms with Crippen molar-refractivity contribution in [2.24, 2.45) is 10.4 Å². The molecule has 258 valence electrons. The number of carbonyl (C=O) groups is 3. The summed E-state index contributed by atoms with van der Waals surface area (Å²) in [5.41, 5.74) is 8.38. The number of pyridine rings is 1. The van der Waals surface area contributed by atoms with Gasteiger partial charge in [-0.05, 0) is 62.0 Å². The summed E-state index contributed by atoms with van der Waals surface area (Å²) in [5.74, 6) is 4.24. The fraction of sp³-hybridized carbons (Fsp3) is 0.308. The molecule has 1 aliphatic rings. The van der Waals surface area contributed by atoms with Gasteiger partial charge in [-0.25, -0.2) is 9.78 Å². The van der Waals surface area contributed by atoms with Gasteiger partial charge in [-0.1, -0.05) is 84.0 Å². The first kappa shape index (κ1) is 40.1. The zero-order chi connectivity index (χ0) is 36.7. The molecule has 3 N–H and O–H groups in total. The van der Waals surface area contributed by atoms with Crippen LogP contribution in [0.25, 0.3) is 16.8 Å². The molecular weight excluding hydrogens is 635 g/mol. The zero-order valence-electron chi connectivity index (χ0n) is 29.9. The lowest BCUT2D eigenvalue weighted by atomic mass is 9.95. The molecule has 1 saturated heterocycles. The number of urea groups is 1. The number of amides is 3. The average molecular weight is 683 g/mol. The molecule has 4 rings (SSSR count). The maximum atomic E-state index is 13.1. The highest BCUT2D eigenvalue weighted by Gasteiger charge is 2.21. The normalized spacial score (nSPS) is 13.0. The van der Waals surface area contributed by atoms with E-state index in [0.29, 0.717) is 29.2 Å². The molecule has 0 spiro atoms. The van der Waals surface area contributed by atoms with Crippen LogP contribution in [0.2, 0.25) is 0 Å². The Morgan fingerprint density at radius 3 is 2.31 bits per heavy atom. The van der Waals surface area contributed by atoms with Crippen molar-refractivity contribution < 1.29 is 24.2 Å². The fourth-order valence-electron chi connectivity index (χ4n) is 4.15. The summed E-state index contributed by atoms with van der Waals surface area (Å²) in [6.45, 7) is 20.2. The van der Waals surface area contributed by atoms with E-state index in [1.807, 2.05) is 82.2 Å². The first-order valence-electron chi connectivity index (χ1n) is 16.0. The Balaban J connectivity index is 0.000000809. The number of aromatic hydroxyl groups is 1. The molecule has 10 heteroatoms. The molecule has 49 heavy (non-hydrogen) atoms. The summed E-state index contributed by atoms with van der Waals surface area (Å²) in [6.07, 6.45) is 4.46. The lowest BCUT2D eigenvalue weighted by Gasteiger charge is -2.23. The van der Waals surface area contributed by atoms with Crippen molar-refractivity contribution in [2.45, 2.75) is 54.9 Å². The van der Waals surface area contributed by atoms with Gasteiger partial charge in [0.15, 0.2) is 11.3 Å². The number of imide groups is 1. The van der Waals surface area contributed by atoms with E-state index in [1.54, 1.807) is 25.4 Å². The largest absolute Gasteiger partial charge is 0.508 e. The van der Waals surface area contributed by atoms with Crippen LogP contribution in [0.1, 0.15) is 75.6 Å². The predicted molar refractivity (Wildman–Crippen MR) is 201 cm³/mol. The average Bonchev–Trinajstić information content (AvgIpc) is 3.48. The summed E-state index contributed by atoms with van der Waals surface area (Å²) in [7, 11) is 0.490. The SMILES string of the molecule is C=C(Oc1ccc(/C(C=NC)=C/C)nc1-c1ccc(C#CP(C)C(=O)c2cc(O)ccc2CC)cc1)C(C)(C)C.CC.O=C1CNC(=O)N1. The van der Waals surface area contributed by atoms with Gasteiger partial charge in [-0.2, -0.15) is 0 Å². The number of ether oxygens (including phenoxy) is 1. The summed E-state index contributed by atoms with van der Waals surface area (Å²) in [5, 5.41) is 14.2. The molecular formula is C39H47N4O5P. The van der Waals surface area contributed by atoms with E-state index in [0.717, 1.165) is 28.0 Å². The second-order valence-corrected chi connectivity index (χ2v) is 13.3. The first-order valence-corrected chi connectivity index (χ1v) is 17.8. The number of hydrogen-bond donors (Lipinski definition) is 3. The van der Waals surface area contributed by atoms with Crippen LogP contribution in [-0.4, -0.2) is 54.0 Å². The number of allylic oxidation sites excluding steroid dienone is 3. The molecule has 0 saturated carbocycles. The van der Waals surface area contributed by atoms with Gasteiger partial charge >= 0.3 is 6.03 Å². The molecule has 3 aromatic rings. The summed E-state index contributed by atoms with van der Waals surface area (Å²) < 4.78 is 6.21. The highest BCUT2D eigenvalue weighted by Crippen LogP contribution is 2.37. The van der Waals surface area contributed by atoms with Crippen LogP contribution in [0.4, 0.5) is 4.79 Å². The number of phenolic OH excluding ortho intramolecular Hbond substituents is 1. The number of nitrogens with one attached hydrogen (secondary N) is 2. The third-order valence-corrected chi connectivity index (χ3v) is 8.30. The molecule has 9 nitrogen and oxygen atoms in total. The number of phenols is 1. The van der Waals surface area contributed by atoms with Crippen molar-refractivity contribution in [3.05, 3.63) is 95.4 Å². The number of aliphatic imine (C=N–C) groups is 1. The summed E-state index contributed by atoms with van der Waals surface area (Å²) in [4.78, 5) is 42.2. The number of aryl methyl sites for hydroxylation is 1. The molecule has 1 unspecified atom stereocenters. The van der Waals surface area contributed by atoms with Crippen LogP contribution in [0.3, 0.4) is 0 Å². The smallest absolute Gasteiger partial charge is 0.321 e. The Morgan fingerprint density at radius 2 is 1.80 bits per heavy atom. The molecule has 1 atom stereocenters. The second-order valence-electron chi connectivity index (χ2n) is 11.6. The third kappa shape index (κ3) is 11.8. The number of nitrogens with zero attached hydrogens (tertiary/aromatic N) is 2. The van der Waals surface area contributed by atoms with Crippen LogP contribution < -0.4 is 15.4 Å². The van der Waals surface area contributed by atoms with E-state index in [4.69, 9.17) is 9.72 Å². The Morgan fingerprint density at radius 1 is 1.12 bits per heavy atom. The molecule has 1 fully saturated rings. The molecule has 3 amide bonds. The van der Waals surface area contributed by atoms with Crippen LogP contribution in [0.5, 0.6) is 11.5 Å². The Hall–Kier alpha value is -5.06. The van der Waals surface area contributed by atoms with Gasteiger partial charge in [0.05, 0.1) is 12.2 Å². The van der Waals surface area contributed by atoms with E-state index >= 15 is 0 Å². The Labute approximate surface area is 291 Å². The van der Waals surface area contributed by atoms with Crippen LogP contribution >= 0.6 is 7.92 Å². The minimum atomic E-state index is -1.24. The highest BCUT2D eigenvalue weighted by molar-refractivity contribution is 7.79. The number of aromatic nitrogens is 1. The number of rotatable bonds is 8. The molecule has 0 radical (unpaired) electrons. The summed E-state index contributed by atoms with van der Waals surface area (Å²) in [6, 6.07) is 16.1. The van der Waals surface area contributed by atoms with Crippen molar-refractivity contribution in [1.82, 2.24) is 15.6 Å². The van der Waals surface area contributed by atoms with Crippen molar-refractivity contribution >= 4 is 37.2 Å².